The summed E-state index contributed by atoms with van der Waals surface area (Å²) in [5.41, 5.74) is 2.08. The van der Waals surface area contributed by atoms with Crippen molar-refractivity contribution in [1.82, 2.24) is 0 Å². The Morgan fingerprint density at radius 2 is 1.70 bits per heavy atom. The van der Waals surface area contributed by atoms with Crippen LogP contribution in [0.15, 0.2) is 21.9 Å². The van der Waals surface area contributed by atoms with Gasteiger partial charge in [0.1, 0.15) is 5.76 Å². The van der Waals surface area contributed by atoms with E-state index in [0.29, 0.717) is 5.03 Å². The van der Waals surface area contributed by atoms with Gasteiger partial charge in [-0.1, -0.05) is 17.2 Å². The highest BCUT2D eigenvalue weighted by molar-refractivity contribution is 6.32. The molecule has 0 aromatic carbocycles. The van der Waals surface area contributed by atoms with E-state index in [4.69, 9.17) is 11.6 Å². The van der Waals surface area contributed by atoms with Crippen LogP contribution in [-0.4, -0.2) is 5.11 Å². The third kappa shape index (κ3) is 1.19. The minimum Gasteiger partial charge on any atom is -0.506 e. The fourth-order valence-electron chi connectivity index (χ4n) is 0.993. The lowest BCUT2D eigenvalue weighted by molar-refractivity contribution is 0.414. The molecule has 0 aliphatic heterocycles. The minimum atomic E-state index is 0.283. The van der Waals surface area contributed by atoms with E-state index < -0.39 is 0 Å². The molecule has 0 radical (unpaired) electrons. The van der Waals surface area contributed by atoms with Crippen LogP contribution in [0.1, 0.15) is 26.7 Å². The molecule has 1 rings (SSSR count). The zero-order valence-corrected chi connectivity index (χ0v) is 7.00. The van der Waals surface area contributed by atoms with Crippen molar-refractivity contribution in [1.29, 1.82) is 0 Å². The first-order chi connectivity index (χ1) is 4.63. The van der Waals surface area contributed by atoms with Gasteiger partial charge in [-0.25, -0.2) is 0 Å². The summed E-state index contributed by atoms with van der Waals surface area (Å²) in [6.45, 7) is 3.86. The van der Waals surface area contributed by atoms with Crippen LogP contribution in [0.2, 0.25) is 0 Å². The van der Waals surface area contributed by atoms with Crippen molar-refractivity contribution >= 4 is 11.6 Å². The monoisotopic (exact) mass is 158 g/mol. The van der Waals surface area contributed by atoms with Crippen LogP contribution < -0.4 is 0 Å². The molecule has 0 bridgehead atoms. The second kappa shape index (κ2) is 2.67. The number of halogens is 1. The van der Waals surface area contributed by atoms with Crippen LogP contribution in [0, 0.1) is 0 Å². The number of aliphatic hydroxyl groups excluding tert-OH is 1. The maximum Gasteiger partial charge on any atom is 0.133 e. The molecule has 1 nitrogen and oxygen atoms in total. The zero-order chi connectivity index (χ0) is 7.72. The first kappa shape index (κ1) is 7.67. The van der Waals surface area contributed by atoms with E-state index in [9.17, 15) is 5.11 Å². The number of aliphatic hydroxyl groups is 1. The van der Waals surface area contributed by atoms with Crippen molar-refractivity contribution in [2.75, 3.05) is 0 Å². The van der Waals surface area contributed by atoms with Crippen LogP contribution in [0.4, 0.5) is 0 Å². The number of hydrogen-bond acceptors (Lipinski definition) is 1. The van der Waals surface area contributed by atoms with E-state index in [2.05, 4.69) is 0 Å². The van der Waals surface area contributed by atoms with Crippen LogP contribution in [0.25, 0.3) is 0 Å². The van der Waals surface area contributed by atoms with Gasteiger partial charge in [-0.3, -0.25) is 0 Å². The Hall–Kier alpha value is -0.430. The third-order valence-electron chi connectivity index (χ3n) is 1.86. The van der Waals surface area contributed by atoms with Crippen LogP contribution in [0.3, 0.4) is 0 Å². The first-order valence-corrected chi connectivity index (χ1v) is 3.75. The fourth-order valence-corrected chi connectivity index (χ4v) is 1.25. The third-order valence-corrected chi connectivity index (χ3v) is 2.36. The highest BCUT2D eigenvalue weighted by atomic mass is 35.5. The second-order valence-corrected chi connectivity index (χ2v) is 3.10. The van der Waals surface area contributed by atoms with E-state index in [1.807, 2.05) is 13.8 Å². The van der Waals surface area contributed by atoms with Crippen molar-refractivity contribution in [2.24, 2.45) is 0 Å². The molecule has 10 heavy (non-hydrogen) atoms. The Morgan fingerprint density at radius 1 is 1.20 bits per heavy atom. The summed E-state index contributed by atoms with van der Waals surface area (Å²) >= 11 is 5.78. The molecule has 0 atom stereocenters. The van der Waals surface area contributed by atoms with Crippen molar-refractivity contribution < 1.29 is 5.11 Å². The topological polar surface area (TPSA) is 20.2 Å². The van der Waals surface area contributed by atoms with Gasteiger partial charge < -0.3 is 5.11 Å². The Kier molecular flexibility index (Phi) is 2.05. The van der Waals surface area contributed by atoms with E-state index in [1.165, 1.54) is 0 Å². The second-order valence-electron chi connectivity index (χ2n) is 2.72. The summed E-state index contributed by atoms with van der Waals surface area (Å²) in [5.74, 6) is 0.283. The molecule has 0 aromatic heterocycles. The standard InChI is InChI=1S/C8H11ClO/c1-5-3-4-6(2)8(10)7(5)9/h10H,3-4H2,1-2H3. The summed E-state index contributed by atoms with van der Waals surface area (Å²) in [6, 6.07) is 0. The summed E-state index contributed by atoms with van der Waals surface area (Å²) < 4.78 is 0. The molecule has 1 aliphatic carbocycles. The van der Waals surface area contributed by atoms with Crippen molar-refractivity contribution in [3.05, 3.63) is 21.9 Å². The van der Waals surface area contributed by atoms with Crippen LogP contribution >= 0.6 is 11.6 Å². The van der Waals surface area contributed by atoms with Gasteiger partial charge in [-0.05, 0) is 32.3 Å². The largest absolute Gasteiger partial charge is 0.506 e. The molecular weight excluding hydrogens is 148 g/mol. The van der Waals surface area contributed by atoms with Crippen LogP contribution in [0.5, 0.6) is 0 Å². The molecule has 1 aliphatic rings. The Morgan fingerprint density at radius 3 is 2.20 bits per heavy atom. The lowest BCUT2D eigenvalue weighted by Crippen LogP contribution is -1.98. The molecule has 0 unspecified atom stereocenters. The molecule has 2 heteroatoms. The molecule has 0 saturated carbocycles. The van der Waals surface area contributed by atoms with E-state index in [1.54, 1.807) is 0 Å². The summed E-state index contributed by atoms with van der Waals surface area (Å²) in [6.07, 6.45) is 1.92. The van der Waals surface area contributed by atoms with Gasteiger partial charge in [0.15, 0.2) is 0 Å². The predicted molar refractivity (Wildman–Crippen MR) is 43.1 cm³/mol. The van der Waals surface area contributed by atoms with Gasteiger partial charge in [0.2, 0.25) is 0 Å². The van der Waals surface area contributed by atoms with Gasteiger partial charge in [-0.2, -0.15) is 0 Å². The summed E-state index contributed by atoms with van der Waals surface area (Å²) in [7, 11) is 0. The number of rotatable bonds is 0. The molecule has 0 heterocycles. The normalized spacial score (nSPS) is 20.3. The number of hydrogen-bond donors (Lipinski definition) is 1. The van der Waals surface area contributed by atoms with E-state index >= 15 is 0 Å². The highest BCUT2D eigenvalue weighted by Gasteiger charge is 2.13. The maximum absolute atomic E-state index is 9.31. The quantitative estimate of drug-likeness (QED) is 0.575. The summed E-state index contributed by atoms with van der Waals surface area (Å²) in [5, 5.41) is 9.85. The van der Waals surface area contributed by atoms with Crippen molar-refractivity contribution in [3.63, 3.8) is 0 Å². The summed E-state index contributed by atoms with van der Waals surface area (Å²) in [4.78, 5) is 0. The maximum atomic E-state index is 9.31. The molecule has 0 aromatic rings. The van der Waals surface area contributed by atoms with E-state index in [-0.39, 0.29) is 5.76 Å². The van der Waals surface area contributed by atoms with Crippen molar-refractivity contribution in [2.45, 2.75) is 26.7 Å². The zero-order valence-electron chi connectivity index (χ0n) is 6.24. The van der Waals surface area contributed by atoms with Crippen LogP contribution in [-0.2, 0) is 0 Å². The van der Waals surface area contributed by atoms with Crippen molar-refractivity contribution in [3.8, 4) is 0 Å². The van der Waals surface area contributed by atoms with Gasteiger partial charge in [0.25, 0.3) is 0 Å². The minimum absolute atomic E-state index is 0.283. The number of allylic oxidation sites excluding steroid dienone is 3. The molecule has 0 amide bonds. The predicted octanol–water partition coefficient (Wildman–Crippen LogP) is 3.13. The molecule has 56 valence electrons. The first-order valence-electron chi connectivity index (χ1n) is 3.37. The molecular formula is C8H11ClO. The highest BCUT2D eigenvalue weighted by Crippen LogP contribution is 2.30. The average Bonchev–Trinajstić information content (AvgIpc) is 1.93. The molecule has 0 spiro atoms. The molecule has 0 fully saturated rings. The van der Waals surface area contributed by atoms with Gasteiger partial charge in [-0.15, -0.1) is 0 Å². The SMILES string of the molecule is CC1=C(O)C(Cl)=C(C)CC1. The van der Waals surface area contributed by atoms with Gasteiger partial charge in [0, 0.05) is 0 Å². The smallest absolute Gasteiger partial charge is 0.133 e. The fraction of sp³-hybridized carbons (Fsp3) is 0.500. The lowest BCUT2D eigenvalue weighted by Gasteiger charge is -2.14. The average molecular weight is 159 g/mol. The molecule has 0 saturated heterocycles. The Labute approximate surface area is 66.0 Å². The Balaban J connectivity index is 3.01. The van der Waals surface area contributed by atoms with E-state index in [0.717, 1.165) is 24.0 Å². The molecule has 1 N–H and O–H groups in total. The Bertz CT molecular complexity index is 189. The van der Waals surface area contributed by atoms with Gasteiger partial charge >= 0.3 is 0 Å². The van der Waals surface area contributed by atoms with Gasteiger partial charge in [0.05, 0.1) is 5.03 Å². The lowest BCUT2D eigenvalue weighted by atomic mass is 9.99.